The van der Waals surface area contributed by atoms with Gasteiger partial charge in [0.2, 0.25) is 0 Å². The molecule has 1 saturated carbocycles. The first kappa shape index (κ1) is 12.0. The topological polar surface area (TPSA) is 63.5 Å². The van der Waals surface area contributed by atoms with Crippen molar-refractivity contribution in [2.24, 2.45) is 10.7 Å². The third kappa shape index (κ3) is 3.80. The van der Waals surface area contributed by atoms with E-state index in [1.165, 1.54) is 32.1 Å². The van der Waals surface area contributed by atoms with Crippen molar-refractivity contribution in [2.45, 2.75) is 51.6 Å². The summed E-state index contributed by atoms with van der Waals surface area (Å²) < 4.78 is 5.43. The minimum absolute atomic E-state index is 0.505. The van der Waals surface area contributed by atoms with E-state index >= 15 is 0 Å². The molecule has 0 bridgehead atoms. The summed E-state index contributed by atoms with van der Waals surface area (Å²) in [7, 11) is 0. The number of guanidine groups is 1. The minimum atomic E-state index is 0.505. The van der Waals surface area contributed by atoms with Crippen LogP contribution in [0.5, 0.6) is 0 Å². The summed E-state index contributed by atoms with van der Waals surface area (Å²) in [5.41, 5.74) is 5.86. The Balaban J connectivity index is 1.80. The fourth-order valence-corrected chi connectivity index (χ4v) is 2.23. The second-order valence-electron chi connectivity index (χ2n) is 4.69. The Morgan fingerprint density at radius 2 is 2.18 bits per heavy atom. The second-order valence-corrected chi connectivity index (χ2v) is 4.69. The molecule has 94 valence electrons. The number of hydrogen-bond acceptors (Lipinski definition) is 2. The number of nitrogens with two attached hydrogens (primary N) is 1. The predicted octanol–water partition coefficient (Wildman–Crippen LogP) is 2.33. The van der Waals surface area contributed by atoms with Crippen molar-refractivity contribution in [1.82, 2.24) is 5.32 Å². The van der Waals surface area contributed by atoms with Crippen LogP contribution in [0.3, 0.4) is 0 Å². The van der Waals surface area contributed by atoms with E-state index in [4.69, 9.17) is 10.2 Å². The standard InChI is InChI=1S/C13H21N3O/c1-10-7-8-12(17-10)9-15-13(14)16-11-5-3-2-4-6-11/h7-8,11H,2-6,9H2,1H3,(H3,14,15,16). The molecule has 1 fully saturated rings. The zero-order chi connectivity index (χ0) is 12.1. The lowest BCUT2D eigenvalue weighted by atomic mass is 9.96. The van der Waals surface area contributed by atoms with E-state index in [-0.39, 0.29) is 0 Å². The normalized spacial score (nSPS) is 18.3. The zero-order valence-corrected chi connectivity index (χ0v) is 10.4. The van der Waals surface area contributed by atoms with Gasteiger partial charge in [0, 0.05) is 6.04 Å². The number of nitrogens with one attached hydrogen (secondary N) is 1. The first-order chi connectivity index (χ1) is 8.24. The van der Waals surface area contributed by atoms with Gasteiger partial charge in [-0.2, -0.15) is 0 Å². The molecule has 4 nitrogen and oxygen atoms in total. The lowest BCUT2D eigenvalue weighted by molar-refractivity contribution is 0.412. The monoisotopic (exact) mass is 235 g/mol. The van der Waals surface area contributed by atoms with Crippen molar-refractivity contribution in [2.75, 3.05) is 0 Å². The Kier molecular flexibility index (Phi) is 4.07. The SMILES string of the molecule is Cc1ccc(CN=C(N)NC2CCCCC2)o1. The van der Waals surface area contributed by atoms with Crippen molar-refractivity contribution < 1.29 is 4.42 Å². The highest BCUT2D eigenvalue weighted by Gasteiger charge is 2.13. The molecule has 1 aromatic heterocycles. The van der Waals surface area contributed by atoms with Crippen molar-refractivity contribution in [1.29, 1.82) is 0 Å². The Labute approximate surface area is 102 Å². The molecule has 17 heavy (non-hydrogen) atoms. The Morgan fingerprint density at radius 1 is 1.41 bits per heavy atom. The van der Waals surface area contributed by atoms with Crippen molar-refractivity contribution in [3.63, 3.8) is 0 Å². The molecule has 4 heteroatoms. The molecule has 0 saturated heterocycles. The number of aryl methyl sites for hydroxylation is 1. The molecule has 0 aliphatic heterocycles. The highest BCUT2D eigenvalue weighted by Crippen LogP contribution is 2.17. The van der Waals surface area contributed by atoms with Gasteiger partial charge in [-0.15, -0.1) is 0 Å². The van der Waals surface area contributed by atoms with E-state index in [9.17, 15) is 0 Å². The molecule has 0 spiro atoms. The fourth-order valence-electron chi connectivity index (χ4n) is 2.23. The molecule has 0 aromatic carbocycles. The van der Waals surface area contributed by atoms with Gasteiger partial charge < -0.3 is 15.5 Å². The van der Waals surface area contributed by atoms with Crippen LogP contribution in [0.1, 0.15) is 43.6 Å². The molecule has 2 rings (SSSR count). The van der Waals surface area contributed by atoms with E-state index in [0.29, 0.717) is 18.5 Å². The average molecular weight is 235 g/mol. The van der Waals surface area contributed by atoms with E-state index in [1.807, 2.05) is 19.1 Å². The fraction of sp³-hybridized carbons (Fsp3) is 0.615. The van der Waals surface area contributed by atoms with Crippen molar-refractivity contribution in [3.8, 4) is 0 Å². The summed E-state index contributed by atoms with van der Waals surface area (Å²) >= 11 is 0. The first-order valence-corrected chi connectivity index (χ1v) is 6.36. The first-order valence-electron chi connectivity index (χ1n) is 6.36. The average Bonchev–Trinajstić information content (AvgIpc) is 2.74. The maximum absolute atomic E-state index is 5.86. The predicted molar refractivity (Wildman–Crippen MR) is 68.8 cm³/mol. The third-order valence-electron chi connectivity index (χ3n) is 3.16. The van der Waals surface area contributed by atoms with Crippen LogP contribution < -0.4 is 11.1 Å². The van der Waals surface area contributed by atoms with E-state index in [2.05, 4.69) is 10.3 Å². The Bertz CT molecular complexity index is 378. The lowest BCUT2D eigenvalue weighted by Crippen LogP contribution is -2.41. The highest BCUT2D eigenvalue weighted by molar-refractivity contribution is 5.78. The highest BCUT2D eigenvalue weighted by atomic mass is 16.3. The zero-order valence-electron chi connectivity index (χ0n) is 10.4. The summed E-state index contributed by atoms with van der Waals surface area (Å²) in [6.07, 6.45) is 6.34. The molecule has 0 amide bonds. The molecule has 0 atom stereocenters. The van der Waals surface area contributed by atoms with E-state index in [0.717, 1.165) is 11.5 Å². The lowest BCUT2D eigenvalue weighted by Gasteiger charge is -2.23. The molecular weight excluding hydrogens is 214 g/mol. The van der Waals surface area contributed by atoms with Crippen molar-refractivity contribution >= 4 is 5.96 Å². The van der Waals surface area contributed by atoms with Crippen LogP contribution in [0.25, 0.3) is 0 Å². The summed E-state index contributed by atoms with van der Waals surface area (Å²) in [4.78, 5) is 4.29. The molecular formula is C13H21N3O. The Hall–Kier alpha value is -1.45. The van der Waals surface area contributed by atoms with Crippen LogP contribution in [-0.2, 0) is 6.54 Å². The van der Waals surface area contributed by atoms with Gasteiger partial charge in [-0.05, 0) is 31.9 Å². The van der Waals surface area contributed by atoms with Crippen LogP contribution >= 0.6 is 0 Å². The maximum Gasteiger partial charge on any atom is 0.189 e. The van der Waals surface area contributed by atoms with Crippen LogP contribution in [0.4, 0.5) is 0 Å². The molecule has 1 aliphatic rings. The summed E-state index contributed by atoms with van der Waals surface area (Å²) in [5.74, 6) is 2.30. The van der Waals surface area contributed by atoms with Crippen molar-refractivity contribution in [3.05, 3.63) is 23.7 Å². The smallest absolute Gasteiger partial charge is 0.189 e. The Morgan fingerprint density at radius 3 is 2.82 bits per heavy atom. The summed E-state index contributed by atoms with van der Waals surface area (Å²) in [5, 5.41) is 3.28. The van der Waals surface area contributed by atoms with Gasteiger partial charge in [0.05, 0.1) is 0 Å². The number of aliphatic imine (C=N–C) groups is 1. The number of rotatable bonds is 3. The molecule has 0 radical (unpaired) electrons. The van der Waals surface area contributed by atoms with Crippen LogP contribution in [0.2, 0.25) is 0 Å². The van der Waals surface area contributed by atoms with Crippen LogP contribution in [0.15, 0.2) is 21.5 Å². The van der Waals surface area contributed by atoms with E-state index < -0.39 is 0 Å². The molecule has 1 heterocycles. The van der Waals surface area contributed by atoms with Crippen LogP contribution in [-0.4, -0.2) is 12.0 Å². The minimum Gasteiger partial charge on any atom is -0.464 e. The largest absolute Gasteiger partial charge is 0.464 e. The molecule has 1 aliphatic carbocycles. The molecule has 0 unspecified atom stereocenters. The molecule has 3 N–H and O–H groups in total. The summed E-state index contributed by atoms with van der Waals surface area (Å²) in [6, 6.07) is 4.38. The van der Waals surface area contributed by atoms with Gasteiger partial charge in [0.25, 0.3) is 0 Å². The van der Waals surface area contributed by atoms with Gasteiger partial charge in [-0.1, -0.05) is 19.3 Å². The van der Waals surface area contributed by atoms with Gasteiger partial charge in [-0.3, -0.25) is 0 Å². The quantitative estimate of drug-likeness (QED) is 0.624. The van der Waals surface area contributed by atoms with Gasteiger partial charge in [-0.25, -0.2) is 4.99 Å². The summed E-state index contributed by atoms with van der Waals surface area (Å²) in [6.45, 7) is 2.44. The van der Waals surface area contributed by atoms with Gasteiger partial charge >= 0.3 is 0 Å². The number of furan rings is 1. The number of nitrogens with zero attached hydrogens (tertiary/aromatic N) is 1. The van der Waals surface area contributed by atoms with E-state index in [1.54, 1.807) is 0 Å². The molecule has 1 aromatic rings. The van der Waals surface area contributed by atoms with Crippen LogP contribution in [0, 0.1) is 6.92 Å². The second kappa shape index (κ2) is 5.75. The van der Waals surface area contributed by atoms with Gasteiger partial charge in [0.1, 0.15) is 18.1 Å². The number of hydrogen-bond donors (Lipinski definition) is 2. The maximum atomic E-state index is 5.86. The van der Waals surface area contributed by atoms with Gasteiger partial charge in [0.15, 0.2) is 5.96 Å². The third-order valence-corrected chi connectivity index (χ3v) is 3.16.